The van der Waals surface area contributed by atoms with Crippen molar-refractivity contribution in [2.24, 2.45) is 5.73 Å². The molecule has 0 aliphatic heterocycles. The highest BCUT2D eigenvalue weighted by atomic mass is 32.2. The van der Waals surface area contributed by atoms with Gasteiger partial charge in [-0.15, -0.1) is 11.8 Å². The van der Waals surface area contributed by atoms with Crippen molar-refractivity contribution in [2.45, 2.75) is 36.3 Å². The van der Waals surface area contributed by atoms with Crippen molar-refractivity contribution >= 4 is 11.8 Å². The van der Waals surface area contributed by atoms with Crippen LogP contribution in [0.1, 0.15) is 31.0 Å². The van der Waals surface area contributed by atoms with Gasteiger partial charge in [0.2, 0.25) is 5.89 Å². The SMILES string of the molecule is NCCCCCc1nc(CSc2cccc(F)c2)no1. The van der Waals surface area contributed by atoms with E-state index >= 15 is 0 Å². The quantitative estimate of drug-likeness (QED) is 0.598. The number of unbranched alkanes of at least 4 members (excludes halogenated alkanes) is 2. The van der Waals surface area contributed by atoms with E-state index in [9.17, 15) is 4.39 Å². The number of nitrogens with zero attached hydrogens (tertiary/aromatic N) is 2. The highest BCUT2D eigenvalue weighted by Crippen LogP contribution is 2.22. The Hall–Kier alpha value is -1.40. The molecule has 0 fully saturated rings. The fraction of sp³-hybridized carbons (Fsp3) is 0.429. The minimum atomic E-state index is -0.233. The van der Waals surface area contributed by atoms with E-state index in [0.29, 0.717) is 17.5 Å². The first-order valence-electron chi connectivity index (χ1n) is 6.68. The van der Waals surface area contributed by atoms with Gasteiger partial charge in [0.25, 0.3) is 0 Å². The van der Waals surface area contributed by atoms with E-state index in [-0.39, 0.29) is 5.82 Å². The van der Waals surface area contributed by atoms with Crippen LogP contribution in [0.3, 0.4) is 0 Å². The first-order chi connectivity index (χ1) is 9.78. The Bertz CT molecular complexity index is 533. The molecule has 0 aliphatic rings. The second kappa shape index (κ2) is 8.01. The van der Waals surface area contributed by atoms with Crippen LogP contribution < -0.4 is 5.73 Å². The lowest BCUT2D eigenvalue weighted by Gasteiger charge is -1.97. The number of halogens is 1. The number of aryl methyl sites for hydroxylation is 1. The molecule has 2 N–H and O–H groups in total. The van der Waals surface area contributed by atoms with Gasteiger partial charge in [-0.05, 0) is 37.6 Å². The fourth-order valence-corrected chi connectivity index (χ4v) is 2.54. The van der Waals surface area contributed by atoms with Gasteiger partial charge in [0.1, 0.15) is 5.82 Å². The van der Waals surface area contributed by atoms with Crippen LogP contribution in [-0.2, 0) is 12.2 Å². The lowest BCUT2D eigenvalue weighted by atomic mass is 10.2. The molecule has 0 spiro atoms. The van der Waals surface area contributed by atoms with Crippen LogP contribution in [-0.4, -0.2) is 16.7 Å². The van der Waals surface area contributed by atoms with Gasteiger partial charge >= 0.3 is 0 Å². The molecular weight excluding hydrogens is 277 g/mol. The number of aromatic nitrogens is 2. The fourth-order valence-electron chi connectivity index (χ4n) is 1.75. The molecule has 1 aromatic heterocycles. The summed E-state index contributed by atoms with van der Waals surface area (Å²) in [7, 11) is 0. The van der Waals surface area contributed by atoms with Crippen LogP contribution in [0.5, 0.6) is 0 Å². The van der Waals surface area contributed by atoms with Crippen LogP contribution in [0.4, 0.5) is 4.39 Å². The monoisotopic (exact) mass is 295 g/mol. The maximum absolute atomic E-state index is 13.0. The van der Waals surface area contributed by atoms with E-state index < -0.39 is 0 Å². The third-order valence-corrected chi connectivity index (χ3v) is 3.76. The van der Waals surface area contributed by atoms with E-state index in [4.69, 9.17) is 10.3 Å². The normalized spacial score (nSPS) is 10.9. The molecule has 0 saturated carbocycles. The Morgan fingerprint density at radius 2 is 2.15 bits per heavy atom. The summed E-state index contributed by atoms with van der Waals surface area (Å²) in [5, 5.41) is 3.93. The van der Waals surface area contributed by atoms with Gasteiger partial charge in [0.05, 0.1) is 5.75 Å². The summed E-state index contributed by atoms with van der Waals surface area (Å²) in [6.45, 7) is 0.722. The zero-order chi connectivity index (χ0) is 14.2. The Morgan fingerprint density at radius 3 is 2.95 bits per heavy atom. The number of benzene rings is 1. The summed E-state index contributed by atoms with van der Waals surface area (Å²) < 4.78 is 18.2. The Labute approximate surface area is 121 Å². The van der Waals surface area contributed by atoms with Crippen molar-refractivity contribution in [1.29, 1.82) is 0 Å². The minimum Gasteiger partial charge on any atom is -0.339 e. The molecule has 0 bridgehead atoms. The van der Waals surface area contributed by atoms with E-state index in [1.165, 1.54) is 23.9 Å². The van der Waals surface area contributed by atoms with Crippen molar-refractivity contribution < 1.29 is 8.91 Å². The van der Waals surface area contributed by atoms with Gasteiger partial charge in [-0.3, -0.25) is 0 Å². The smallest absolute Gasteiger partial charge is 0.226 e. The summed E-state index contributed by atoms with van der Waals surface area (Å²) in [6, 6.07) is 6.48. The van der Waals surface area contributed by atoms with E-state index in [2.05, 4.69) is 10.1 Å². The zero-order valence-electron chi connectivity index (χ0n) is 11.2. The first kappa shape index (κ1) is 15.0. The molecule has 0 atom stereocenters. The molecule has 0 aliphatic carbocycles. The third-order valence-electron chi connectivity index (χ3n) is 2.77. The molecule has 6 heteroatoms. The van der Waals surface area contributed by atoms with Crippen LogP contribution in [0.15, 0.2) is 33.7 Å². The molecule has 2 rings (SSSR count). The highest BCUT2D eigenvalue weighted by Gasteiger charge is 2.07. The molecule has 0 amide bonds. The van der Waals surface area contributed by atoms with Crippen LogP contribution in [0, 0.1) is 5.82 Å². The number of nitrogens with two attached hydrogens (primary N) is 1. The molecule has 108 valence electrons. The average molecular weight is 295 g/mol. The maximum Gasteiger partial charge on any atom is 0.226 e. The summed E-state index contributed by atoms with van der Waals surface area (Å²) in [5.74, 6) is 1.66. The minimum absolute atomic E-state index is 0.233. The highest BCUT2D eigenvalue weighted by molar-refractivity contribution is 7.98. The van der Waals surface area contributed by atoms with Crippen LogP contribution in [0.25, 0.3) is 0 Å². The number of thioether (sulfide) groups is 1. The lowest BCUT2D eigenvalue weighted by molar-refractivity contribution is 0.370. The van der Waals surface area contributed by atoms with Crippen molar-refractivity contribution in [3.63, 3.8) is 0 Å². The van der Waals surface area contributed by atoms with Crippen molar-refractivity contribution in [3.05, 3.63) is 41.8 Å². The molecule has 0 radical (unpaired) electrons. The second-order valence-corrected chi connectivity index (χ2v) is 5.50. The molecule has 1 aromatic carbocycles. The standard InChI is InChI=1S/C14H18FN3OS/c15-11-5-4-6-12(9-11)20-10-13-17-14(19-18-13)7-2-1-3-8-16/h4-6,9H,1-3,7-8,10,16H2. The van der Waals surface area contributed by atoms with Gasteiger partial charge in [-0.25, -0.2) is 4.39 Å². The van der Waals surface area contributed by atoms with E-state index in [0.717, 1.165) is 37.1 Å². The Balaban J connectivity index is 1.78. The lowest BCUT2D eigenvalue weighted by Crippen LogP contribution is -1.98. The topological polar surface area (TPSA) is 64.9 Å². The molecule has 1 heterocycles. The summed E-state index contributed by atoms with van der Waals surface area (Å²) in [5.41, 5.74) is 5.44. The van der Waals surface area contributed by atoms with Gasteiger partial charge in [-0.1, -0.05) is 17.6 Å². The summed E-state index contributed by atoms with van der Waals surface area (Å²) >= 11 is 1.49. The zero-order valence-corrected chi connectivity index (χ0v) is 12.0. The molecule has 0 saturated heterocycles. The first-order valence-corrected chi connectivity index (χ1v) is 7.66. The average Bonchev–Trinajstić information content (AvgIpc) is 2.89. The predicted octanol–water partition coefficient (Wildman–Crippen LogP) is 3.17. The number of hydrogen-bond donors (Lipinski definition) is 1. The van der Waals surface area contributed by atoms with E-state index in [1.54, 1.807) is 6.07 Å². The summed E-state index contributed by atoms with van der Waals surface area (Å²) in [6.07, 6.45) is 3.90. The molecular formula is C14H18FN3OS. The van der Waals surface area contributed by atoms with Crippen LogP contribution >= 0.6 is 11.8 Å². The van der Waals surface area contributed by atoms with Gasteiger partial charge in [0.15, 0.2) is 5.82 Å². The molecule has 0 unspecified atom stereocenters. The van der Waals surface area contributed by atoms with E-state index in [1.807, 2.05) is 6.07 Å². The molecule has 2 aromatic rings. The summed E-state index contributed by atoms with van der Waals surface area (Å²) in [4.78, 5) is 5.18. The van der Waals surface area contributed by atoms with Gasteiger partial charge in [0, 0.05) is 11.3 Å². The van der Waals surface area contributed by atoms with Crippen molar-refractivity contribution in [3.8, 4) is 0 Å². The van der Waals surface area contributed by atoms with Crippen molar-refractivity contribution in [1.82, 2.24) is 10.1 Å². The maximum atomic E-state index is 13.0. The largest absolute Gasteiger partial charge is 0.339 e. The Kier molecular flexibility index (Phi) is 6.01. The van der Waals surface area contributed by atoms with Gasteiger partial charge < -0.3 is 10.3 Å². The van der Waals surface area contributed by atoms with Crippen molar-refractivity contribution in [2.75, 3.05) is 6.54 Å². The Morgan fingerprint density at radius 1 is 1.25 bits per heavy atom. The number of rotatable bonds is 8. The molecule has 4 nitrogen and oxygen atoms in total. The second-order valence-electron chi connectivity index (χ2n) is 4.45. The molecule has 20 heavy (non-hydrogen) atoms. The predicted molar refractivity (Wildman–Crippen MR) is 76.9 cm³/mol. The van der Waals surface area contributed by atoms with Gasteiger partial charge in [-0.2, -0.15) is 4.98 Å². The number of hydrogen-bond acceptors (Lipinski definition) is 5. The van der Waals surface area contributed by atoms with Crippen LogP contribution in [0.2, 0.25) is 0 Å². The third kappa shape index (κ3) is 4.94.